The van der Waals surface area contributed by atoms with Crippen LogP contribution in [0.2, 0.25) is 0 Å². The van der Waals surface area contributed by atoms with E-state index < -0.39 is 0 Å². The summed E-state index contributed by atoms with van der Waals surface area (Å²) < 4.78 is 2.60. The summed E-state index contributed by atoms with van der Waals surface area (Å²) in [5.41, 5.74) is 17.4. The van der Waals surface area contributed by atoms with E-state index in [-0.39, 0.29) is 0 Å². The Morgan fingerprint density at radius 3 is 1.51 bits per heavy atom. The Morgan fingerprint density at radius 2 is 0.806 bits per heavy atom. The van der Waals surface area contributed by atoms with Crippen molar-refractivity contribution in [3.05, 3.63) is 273 Å². The largest absolute Gasteiger partial charge is 0.311 e. The van der Waals surface area contributed by atoms with Gasteiger partial charge in [-0.1, -0.05) is 164 Å². The summed E-state index contributed by atoms with van der Waals surface area (Å²) in [5.74, 6) is 0. The van der Waals surface area contributed by atoms with E-state index in [9.17, 15) is 0 Å². The highest BCUT2D eigenvalue weighted by Crippen LogP contribution is 2.55. The molecule has 14 rings (SSSR count). The molecule has 72 heavy (non-hydrogen) atoms. The SMILES string of the molecule is c1ccc(-c2ccc(N(c3ccc(-c4ccc5c6c(cccc46)-c4c(ccc6ccccc46)N5c4ccc(N(c5ccccc5)c5ccccc5)cc4)cc3)c3ccc4sc5ccccc5c4c3)cc2)cc1. The second-order valence-corrected chi connectivity index (χ2v) is 19.6. The van der Waals surface area contributed by atoms with Gasteiger partial charge in [0, 0.05) is 70.9 Å². The number of thiophene rings is 1. The molecule has 0 amide bonds. The molecule has 0 atom stereocenters. The monoisotopic (exact) mass is 935 g/mol. The van der Waals surface area contributed by atoms with Gasteiger partial charge < -0.3 is 14.7 Å². The van der Waals surface area contributed by atoms with Crippen molar-refractivity contribution in [3.8, 4) is 33.4 Å². The van der Waals surface area contributed by atoms with E-state index >= 15 is 0 Å². The predicted molar refractivity (Wildman–Crippen MR) is 308 cm³/mol. The van der Waals surface area contributed by atoms with E-state index in [1.807, 2.05) is 11.3 Å². The first-order valence-corrected chi connectivity index (χ1v) is 25.4. The van der Waals surface area contributed by atoms with Crippen LogP contribution in [0.25, 0.3) is 75.1 Å². The summed E-state index contributed by atoms with van der Waals surface area (Å²) >= 11 is 1.85. The maximum absolute atomic E-state index is 2.47. The van der Waals surface area contributed by atoms with Crippen LogP contribution in [0.1, 0.15) is 0 Å². The number of benzene rings is 12. The maximum Gasteiger partial charge on any atom is 0.0547 e. The molecule has 0 unspecified atom stereocenters. The van der Waals surface area contributed by atoms with Crippen LogP contribution in [-0.4, -0.2) is 0 Å². The number of rotatable bonds is 9. The molecule has 0 radical (unpaired) electrons. The van der Waals surface area contributed by atoms with Crippen molar-refractivity contribution in [1.29, 1.82) is 0 Å². The topological polar surface area (TPSA) is 9.72 Å². The van der Waals surface area contributed by atoms with Crippen molar-refractivity contribution in [1.82, 2.24) is 0 Å². The zero-order chi connectivity index (χ0) is 47.5. The summed E-state index contributed by atoms with van der Waals surface area (Å²) in [5, 5.41) is 7.51. The van der Waals surface area contributed by atoms with Crippen molar-refractivity contribution in [3.63, 3.8) is 0 Å². The van der Waals surface area contributed by atoms with E-state index in [0.29, 0.717) is 0 Å². The zero-order valence-corrected chi connectivity index (χ0v) is 40.0. The van der Waals surface area contributed by atoms with Gasteiger partial charge in [0.1, 0.15) is 0 Å². The predicted octanol–water partition coefficient (Wildman–Crippen LogP) is 20.1. The molecule has 4 heteroatoms. The van der Waals surface area contributed by atoms with Gasteiger partial charge in [-0.3, -0.25) is 0 Å². The summed E-state index contributed by atoms with van der Waals surface area (Å²) in [7, 11) is 0. The first-order chi connectivity index (χ1) is 35.7. The van der Waals surface area contributed by atoms with Gasteiger partial charge in [0.05, 0.1) is 11.4 Å². The Kier molecular flexibility index (Phi) is 10.0. The molecule has 2 heterocycles. The zero-order valence-electron chi connectivity index (χ0n) is 39.2. The lowest BCUT2D eigenvalue weighted by molar-refractivity contribution is 1.26. The van der Waals surface area contributed by atoms with Crippen LogP contribution in [0.4, 0.5) is 51.2 Å². The number of para-hydroxylation sites is 2. The molecule has 0 N–H and O–H groups in total. The second kappa shape index (κ2) is 17.3. The normalized spacial score (nSPS) is 11.9. The molecule has 1 aliphatic rings. The van der Waals surface area contributed by atoms with Crippen LogP contribution in [0.15, 0.2) is 273 Å². The molecule has 1 aliphatic heterocycles. The van der Waals surface area contributed by atoms with E-state index in [2.05, 4.69) is 288 Å². The van der Waals surface area contributed by atoms with Crippen molar-refractivity contribution >= 4 is 104 Å². The second-order valence-electron chi connectivity index (χ2n) is 18.5. The molecule has 338 valence electrons. The van der Waals surface area contributed by atoms with Crippen molar-refractivity contribution < 1.29 is 0 Å². The average molecular weight is 936 g/mol. The Morgan fingerprint density at radius 1 is 0.292 bits per heavy atom. The third kappa shape index (κ3) is 7.03. The van der Waals surface area contributed by atoms with E-state index in [0.717, 1.165) is 39.8 Å². The minimum atomic E-state index is 1.10. The summed E-state index contributed by atoms with van der Waals surface area (Å²) in [6.07, 6.45) is 0. The Balaban J connectivity index is 0.890. The quantitative estimate of drug-likeness (QED) is 0.143. The van der Waals surface area contributed by atoms with Crippen LogP contribution < -0.4 is 14.7 Å². The van der Waals surface area contributed by atoms with Gasteiger partial charge in [0.15, 0.2) is 0 Å². The van der Waals surface area contributed by atoms with Gasteiger partial charge in [0.25, 0.3) is 0 Å². The highest BCUT2D eigenvalue weighted by Gasteiger charge is 2.29. The van der Waals surface area contributed by atoms with E-state index in [1.165, 1.54) is 86.5 Å². The van der Waals surface area contributed by atoms with Gasteiger partial charge in [0.2, 0.25) is 0 Å². The number of hydrogen-bond donors (Lipinski definition) is 0. The molecule has 0 bridgehead atoms. The number of anilines is 9. The third-order valence-corrected chi connectivity index (χ3v) is 15.5. The van der Waals surface area contributed by atoms with Gasteiger partial charge >= 0.3 is 0 Å². The Hall–Kier alpha value is -9.22. The smallest absolute Gasteiger partial charge is 0.0547 e. The van der Waals surface area contributed by atoms with E-state index in [4.69, 9.17) is 0 Å². The molecule has 0 saturated heterocycles. The molecule has 0 fully saturated rings. The fraction of sp³-hybridized carbons (Fsp3) is 0. The molecular weight excluding hydrogens is 891 g/mol. The van der Waals surface area contributed by atoms with Crippen LogP contribution in [0.5, 0.6) is 0 Å². The van der Waals surface area contributed by atoms with E-state index in [1.54, 1.807) is 0 Å². The lowest BCUT2D eigenvalue weighted by Crippen LogP contribution is -2.16. The molecule has 1 aromatic heterocycles. The van der Waals surface area contributed by atoms with Crippen LogP contribution >= 0.6 is 11.3 Å². The number of fused-ring (bicyclic) bond motifs is 7. The lowest BCUT2D eigenvalue weighted by Gasteiger charge is -2.35. The van der Waals surface area contributed by atoms with Gasteiger partial charge in [-0.05, 0) is 153 Å². The fourth-order valence-electron chi connectivity index (χ4n) is 11.0. The fourth-order valence-corrected chi connectivity index (χ4v) is 12.1. The minimum absolute atomic E-state index is 1.10. The van der Waals surface area contributed by atoms with Gasteiger partial charge in [-0.15, -0.1) is 11.3 Å². The summed E-state index contributed by atoms with van der Waals surface area (Å²) in [4.78, 5) is 7.18. The highest BCUT2D eigenvalue weighted by atomic mass is 32.1. The highest BCUT2D eigenvalue weighted by molar-refractivity contribution is 7.25. The molecule has 0 saturated carbocycles. The third-order valence-electron chi connectivity index (χ3n) is 14.4. The molecule has 3 nitrogen and oxygen atoms in total. The standard InChI is InChI=1S/C68H45N3S/c1-4-15-46(16-5-1)47-27-32-52(33-28-47)70(56-40-44-66-62(45-56)59-23-12-13-26-65(59)72-66)53-34-29-49(30-35-53)57-41-43-64-68-60(57)24-14-25-61(68)67-58-22-11-10-17-48(58)31-42-63(67)71(64)55-38-36-54(37-39-55)69(50-18-6-2-7-19-50)51-20-8-3-9-21-51/h1-45H. The Bertz CT molecular complexity index is 4090. The first kappa shape index (κ1) is 41.7. The molecule has 0 spiro atoms. The summed E-state index contributed by atoms with van der Waals surface area (Å²) in [6, 6.07) is 99.6. The van der Waals surface area contributed by atoms with Gasteiger partial charge in [-0.2, -0.15) is 0 Å². The van der Waals surface area contributed by atoms with Crippen LogP contribution in [-0.2, 0) is 0 Å². The molecular formula is C68H45N3S. The Labute approximate surface area is 423 Å². The van der Waals surface area contributed by atoms with Gasteiger partial charge in [-0.25, -0.2) is 0 Å². The van der Waals surface area contributed by atoms with Crippen LogP contribution in [0, 0.1) is 0 Å². The molecule has 13 aromatic rings. The lowest BCUT2D eigenvalue weighted by atomic mass is 9.85. The summed E-state index contributed by atoms with van der Waals surface area (Å²) in [6.45, 7) is 0. The number of nitrogens with zero attached hydrogens (tertiary/aromatic N) is 3. The first-order valence-electron chi connectivity index (χ1n) is 24.6. The van der Waals surface area contributed by atoms with Crippen molar-refractivity contribution in [2.24, 2.45) is 0 Å². The minimum Gasteiger partial charge on any atom is -0.311 e. The average Bonchev–Trinajstić information content (AvgIpc) is 3.83. The number of hydrogen-bond acceptors (Lipinski definition) is 4. The molecule has 12 aromatic carbocycles. The van der Waals surface area contributed by atoms with Crippen molar-refractivity contribution in [2.45, 2.75) is 0 Å². The molecule has 0 aliphatic carbocycles. The maximum atomic E-state index is 2.47. The van der Waals surface area contributed by atoms with Crippen LogP contribution in [0.3, 0.4) is 0 Å². The van der Waals surface area contributed by atoms with Crippen molar-refractivity contribution in [2.75, 3.05) is 14.7 Å².